The molecular weight excluding hydrogens is 314 g/mol. The molecule has 0 unspecified atom stereocenters. The Bertz CT molecular complexity index is 797. The molecule has 0 saturated carbocycles. The molecule has 0 spiro atoms. The Morgan fingerprint density at radius 2 is 1.85 bits per heavy atom. The van der Waals surface area contributed by atoms with Gasteiger partial charge in [0.05, 0.1) is 11.2 Å². The van der Waals surface area contributed by atoms with Crippen molar-refractivity contribution < 1.29 is 4.79 Å². The summed E-state index contributed by atoms with van der Waals surface area (Å²) in [7, 11) is 0. The highest BCUT2D eigenvalue weighted by Crippen LogP contribution is 2.30. The molecule has 0 fully saturated rings. The van der Waals surface area contributed by atoms with Gasteiger partial charge in [-0.3, -0.25) is 4.79 Å². The maximum absolute atomic E-state index is 11.5. The van der Waals surface area contributed by atoms with Gasteiger partial charge in [-0.05, 0) is 30.7 Å². The minimum absolute atomic E-state index is 0.704. The van der Waals surface area contributed by atoms with Crippen molar-refractivity contribution in [2.24, 2.45) is 0 Å². The Balaban J connectivity index is 2.38. The van der Waals surface area contributed by atoms with Crippen LogP contribution >= 0.6 is 15.9 Å². The second-order valence-corrected chi connectivity index (χ2v) is 5.56. The summed E-state index contributed by atoms with van der Waals surface area (Å²) >= 11 is 3.44. The van der Waals surface area contributed by atoms with Crippen molar-refractivity contribution in [3.63, 3.8) is 0 Å². The SMILES string of the molecule is Cc1c(-c2ccccc2)nc2ccc(Br)cc2c1C=O. The molecule has 3 heteroatoms. The number of fused-ring (bicyclic) bond motifs is 1. The molecular formula is C17H12BrNO. The molecule has 0 saturated heterocycles. The molecule has 2 aromatic carbocycles. The second kappa shape index (κ2) is 5.17. The van der Waals surface area contributed by atoms with Gasteiger partial charge in [0.1, 0.15) is 0 Å². The minimum atomic E-state index is 0.704. The highest BCUT2D eigenvalue weighted by molar-refractivity contribution is 9.10. The van der Waals surface area contributed by atoms with Crippen LogP contribution in [0.15, 0.2) is 53.0 Å². The lowest BCUT2D eigenvalue weighted by Gasteiger charge is -2.11. The molecule has 0 aliphatic carbocycles. The predicted octanol–water partition coefficient (Wildman–Crippen LogP) is 4.79. The molecule has 0 N–H and O–H groups in total. The Morgan fingerprint density at radius 1 is 1.10 bits per heavy atom. The Morgan fingerprint density at radius 3 is 2.55 bits per heavy atom. The lowest BCUT2D eigenvalue weighted by Crippen LogP contribution is -1.97. The number of rotatable bonds is 2. The summed E-state index contributed by atoms with van der Waals surface area (Å²) in [6.45, 7) is 1.94. The van der Waals surface area contributed by atoms with Gasteiger partial charge in [-0.1, -0.05) is 46.3 Å². The van der Waals surface area contributed by atoms with E-state index in [1.165, 1.54) is 0 Å². The second-order valence-electron chi connectivity index (χ2n) is 4.64. The third kappa shape index (κ3) is 2.14. The molecule has 3 rings (SSSR count). The van der Waals surface area contributed by atoms with Crippen molar-refractivity contribution in [2.75, 3.05) is 0 Å². The fourth-order valence-electron chi connectivity index (χ4n) is 2.38. The fraction of sp³-hybridized carbons (Fsp3) is 0.0588. The Kier molecular flexibility index (Phi) is 3.36. The number of nitrogens with zero attached hydrogens (tertiary/aromatic N) is 1. The van der Waals surface area contributed by atoms with Crippen molar-refractivity contribution >= 4 is 33.1 Å². The first-order valence-corrected chi connectivity index (χ1v) is 7.10. The van der Waals surface area contributed by atoms with E-state index in [4.69, 9.17) is 4.98 Å². The van der Waals surface area contributed by atoms with E-state index in [9.17, 15) is 4.79 Å². The quantitative estimate of drug-likeness (QED) is 0.634. The molecule has 20 heavy (non-hydrogen) atoms. The smallest absolute Gasteiger partial charge is 0.151 e. The van der Waals surface area contributed by atoms with Crippen LogP contribution in [0.5, 0.6) is 0 Å². The third-order valence-electron chi connectivity index (χ3n) is 3.41. The van der Waals surface area contributed by atoms with Crippen molar-refractivity contribution in [1.82, 2.24) is 4.98 Å². The Labute approximate surface area is 125 Å². The first kappa shape index (κ1) is 13.0. The molecule has 1 heterocycles. The van der Waals surface area contributed by atoms with Crippen molar-refractivity contribution in [1.29, 1.82) is 0 Å². The van der Waals surface area contributed by atoms with Crippen LogP contribution in [-0.2, 0) is 0 Å². The van der Waals surface area contributed by atoms with Crippen LogP contribution in [0.4, 0.5) is 0 Å². The van der Waals surface area contributed by atoms with E-state index >= 15 is 0 Å². The van der Waals surface area contributed by atoms with E-state index < -0.39 is 0 Å². The largest absolute Gasteiger partial charge is 0.298 e. The molecule has 2 nitrogen and oxygen atoms in total. The highest BCUT2D eigenvalue weighted by Gasteiger charge is 2.12. The average Bonchev–Trinajstić information content (AvgIpc) is 2.48. The number of benzene rings is 2. The first-order chi connectivity index (χ1) is 9.70. The lowest BCUT2D eigenvalue weighted by atomic mass is 9.99. The van der Waals surface area contributed by atoms with Crippen LogP contribution in [0.1, 0.15) is 15.9 Å². The van der Waals surface area contributed by atoms with Crippen molar-refractivity contribution in [3.8, 4) is 11.3 Å². The molecule has 98 valence electrons. The highest BCUT2D eigenvalue weighted by atomic mass is 79.9. The van der Waals surface area contributed by atoms with E-state index in [-0.39, 0.29) is 0 Å². The van der Waals surface area contributed by atoms with E-state index in [1.807, 2.05) is 55.5 Å². The zero-order valence-corrected chi connectivity index (χ0v) is 12.5. The summed E-state index contributed by atoms with van der Waals surface area (Å²) in [5.41, 5.74) is 4.34. The van der Waals surface area contributed by atoms with Gasteiger partial charge in [0.25, 0.3) is 0 Å². The summed E-state index contributed by atoms with van der Waals surface area (Å²) in [6.07, 6.45) is 0.915. The van der Waals surface area contributed by atoms with Gasteiger partial charge in [0.15, 0.2) is 6.29 Å². The molecule has 0 radical (unpaired) electrons. The van der Waals surface area contributed by atoms with Gasteiger partial charge in [0.2, 0.25) is 0 Å². The van der Waals surface area contributed by atoms with Gasteiger partial charge < -0.3 is 0 Å². The zero-order valence-electron chi connectivity index (χ0n) is 10.9. The van der Waals surface area contributed by atoms with Crippen LogP contribution < -0.4 is 0 Å². The maximum Gasteiger partial charge on any atom is 0.151 e. The summed E-state index contributed by atoms with van der Waals surface area (Å²) < 4.78 is 0.946. The fourth-order valence-corrected chi connectivity index (χ4v) is 2.75. The first-order valence-electron chi connectivity index (χ1n) is 6.31. The summed E-state index contributed by atoms with van der Waals surface area (Å²) in [5, 5.41) is 0.881. The van der Waals surface area contributed by atoms with Gasteiger partial charge in [-0.2, -0.15) is 0 Å². The number of aromatic nitrogens is 1. The number of aldehydes is 1. The standard InChI is InChI=1S/C17H12BrNO/c1-11-15(10-20)14-9-13(18)7-8-16(14)19-17(11)12-5-3-2-4-6-12/h2-10H,1H3. The van der Waals surface area contributed by atoms with Crippen LogP contribution in [0.3, 0.4) is 0 Å². The van der Waals surface area contributed by atoms with Crippen LogP contribution in [-0.4, -0.2) is 11.3 Å². The monoisotopic (exact) mass is 325 g/mol. The topological polar surface area (TPSA) is 30.0 Å². The molecule has 0 aliphatic rings. The van der Waals surface area contributed by atoms with Gasteiger partial charge in [0, 0.05) is 21.0 Å². The van der Waals surface area contributed by atoms with Gasteiger partial charge in [-0.25, -0.2) is 4.98 Å². The van der Waals surface area contributed by atoms with E-state index in [1.54, 1.807) is 0 Å². The molecule has 0 aliphatic heterocycles. The lowest BCUT2D eigenvalue weighted by molar-refractivity contribution is 0.112. The number of carbonyl (C=O) groups is 1. The normalized spacial score (nSPS) is 10.7. The number of halogens is 1. The number of carbonyl (C=O) groups excluding carboxylic acids is 1. The molecule has 0 amide bonds. The zero-order chi connectivity index (χ0) is 14.1. The van der Waals surface area contributed by atoms with E-state index in [0.717, 1.165) is 38.5 Å². The van der Waals surface area contributed by atoms with Crippen molar-refractivity contribution in [2.45, 2.75) is 6.92 Å². The van der Waals surface area contributed by atoms with Crippen molar-refractivity contribution in [3.05, 3.63) is 64.1 Å². The maximum atomic E-state index is 11.5. The molecule has 0 atom stereocenters. The van der Waals surface area contributed by atoms with Gasteiger partial charge >= 0.3 is 0 Å². The van der Waals surface area contributed by atoms with Gasteiger partial charge in [-0.15, -0.1) is 0 Å². The summed E-state index contributed by atoms with van der Waals surface area (Å²) in [6, 6.07) is 15.7. The van der Waals surface area contributed by atoms with Crippen LogP contribution in [0.25, 0.3) is 22.2 Å². The number of pyridine rings is 1. The summed E-state index contributed by atoms with van der Waals surface area (Å²) in [4.78, 5) is 16.2. The number of hydrogen-bond donors (Lipinski definition) is 0. The molecule has 1 aromatic heterocycles. The summed E-state index contributed by atoms with van der Waals surface area (Å²) in [5.74, 6) is 0. The van der Waals surface area contributed by atoms with Crippen LogP contribution in [0, 0.1) is 6.92 Å². The molecule has 3 aromatic rings. The van der Waals surface area contributed by atoms with E-state index in [0.29, 0.717) is 5.56 Å². The predicted molar refractivity (Wildman–Crippen MR) is 85.0 cm³/mol. The minimum Gasteiger partial charge on any atom is -0.298 e. The number of hydrogen-bond acceptors (Lipinski definition) is 2. The van der Waals surface area contributed by atoms with Crippen LogP contribution in [0.2, 0.25) is 0 Å². The average molecular weight is 326 g/mol. The molecule has 0 bridgehead atoms. The van der Waals surface area contributed by atoms with E-state index in [2.05, 4.69) is 15.9 Å². The Hall–Kier alpha value is -2.00. The third-order valence-corrected chi connectivity index (χ3v) is 3.90.